The monoisotopic (exact) mass is 291 g/mol. The third-order valence-electron chi connectivity index (χ3n) is 2.02. The zero-order valence-corrected chi connectivity index (χ0v) is 11.0. The Bertz CT molecular complexity index is 470. The number of carbonyl (C=O) groups excluding carboxylic acids is 1. The number of anilines is 1. The van der Waals surface area contributed by atoms with Crippen molar-refractivity contribution in [3.05, 3.63) is 29.0 Å². The molecule has 0 radical (unpaired) electrons. The maximum Gasteiger partial charge on any atom is 0.316 e. The van der Waals surface area contributed by atoms with Crippen molar-refractivity contribution in [2.45, 2.75) is 12.2 Å². The number of hydrogen-bond donors (Lipinski definition) is 2. The number of amides is 1. The molecule has 1 aromatic carbocycles. The third kappa shape index (κ3) is 4.54. The van der Waals surface area contributed by atoms with Gasteiger partial charge in [0.2, 0.25) is 5.91 Å². The van der Waals surface area contributed by atoms with Gasteiger partial charge >= 0.3 is 5.97 Å². The largest absolute Gasteiger partial charge is 0.480 e. The van der Waals surface area contributed by atoms with Crippen LogP contribution < -0.4 is 5.32 Å². The van der Waals surface area contributed by atoms with Gasteiger partial charge in [-0.05, 0) is 25.1 Å². The predicted octanol–water partition coefficient (Wildman–Crippen LogP) is 2.62. The number of nitrogens with one attached hydrogen (secondary N) is 1. The molecule has 0 heterocycles. The molecule has 2 N–H and O–H groups in total. The highest BCUT2D eigenvalue weighted by molar-refractivity contribution is 8.01. The summed E-state index contributed by atoms with van der Waals surface area (Å²) in [4.78, 5) is 22.0. The van der Waals surface area contributed by atoms with Gasteiger partial charge in [-0.15, -0.1) is 11.8 Å². The minimum atomic E-state index is -0.974. The zero-order chi connectivity index (χ0) is 13.7. The van der Waals surface area contributed by atoms with Crippen LogP contribution in [0.15, 0.2) is 18.2 Å². The number of rotatable bonds is 5. The fourth-order valence-corrected chi connectivity index (χ4v) is 1.84. The molecule has 1 rings (SSSR count). The molecule has 0 fully saturated rings. The summed E-state index contributed by atoms with van der Waals surface area (Å²) in [7, 11) is 0. The number of benzene rings is 1. The summed E-state index contributed by atoms with van der Waals surface area (Å²) in [5.41, 5.74) is 0.370. The molecular weight excluding hydrogens is 281 g/mol. The van der Waals surface area contributed by atoms with Crippen molar-refractivity contribution in [1.82, 2.24) is 0 Å². The molecule has 0 aliphatic heterocycles. The van der Waals surface area contributed by atoms with E-state index in [0.29, 0.717) is 5.69 Å². The molecule has 4 nitrogen and oxygen atoms in total. The Morgan fingerprint density at radius 3 is 2.78 bits per heavy atom. The Labute approximate surface area is 113 Å². The molecule has 0 aliphatic carbocycles. The lowest BCUT2D eigenvalue weighted by Gasteiger charge is -2.07. The van der Waals surface area contributed by atoms with Crippen LogP contribution in [0.3, 0.4) is 0 Å². The first-order valence-corrected chi connectivity index (χ1v) is 6.42. The van der Waals surface area contributed by atoms with Gasteiger partial charge < -0.3 is 10.4 Å². The van der Waals surface area contributed by atoms with Crippen LogP contribution in [-0.4, -0.2) is 28.0 Å². The molecule has 98 valence electrons. The Balaban J connectivity index is 2.49. The van der Waals surface area contributed by atoms with Gasteiger partial charge in [-0.25, -0.2) is 4.39 Å². The van der Waals surface area contributed by atoms with Crippen molar-refractivity contribution >= 4 is 40.9 Å². The Morgan fingerprint density at radius 1 is 1.56 bits per heavy atom. The van der Waals surface area contributed by atoms with E-state index in [-0.39, 0.29) is 16.7 Å². The highest BCUT2D eigenvalue weighted by Crippen LogP contribution is 2.19. The number of halogens is 2. The third-order valence-corrected chi connectivity index (χ3v) is 3.44. The molecule has 1 aromatic rings. The van der Waals surface area contributed by atoms with Gasteiger partial charge in [0.25, 0.3) is 0 Å². The molecule has 0 aromatic heterocycles. The van der Waals surface area contributed by atoms with Crippen LogP contribution in [0.1, 0.15) is 6.92 Å². The van der Waals surface area contributed by atoms with Crippen LogP contribution >= 0.6 is 23.4 Å². The van der Waals surface area contributed by atoms with E-state index in [0.717, 1.165) is 17.8 Å². The van der Waals surface area contributed by atoms with Gasteiger partial charge in [-0.2, -0.15) is 0 Å². The Morgan fingerprint density at radius 2 is 2.22 bits per heavy atom. The number of carboxylic acid groups (broad SMARTS) is 1. The Kier molecular flexibility index (Phi) is 5.43. The molecule has 0 spiro atoms. The molecule has 18 heavy (non-hydrogen) atoms. The van der Waals surface area contributed by atoms with Crippen molar-refractivity contribution in [2.24, 2.45) is 0 Å². The number of thioether (sulfide) groups is 1. The van der Waals surface area contributed by atoms with Gasteiger partial charge in [-0.1, -0.05) is 11.6 Å². The predicted molar refractivity (Wildman–Crippen MR) is 69.6 cm³/mol. The first kappa shape index (κ1) is 14.8. The van der Waals surface area contributed by atoms with E-state index in [2.05, 4.69) is 5.32 Å². The lowest BCUT2D eigenvalue weighted by Crippen LogP contribution is -2.19. The second kappa shape index (κ2) is 6.61. The maximum atomic E-state index is 12.9. The zero-order valence-electron chi connectivity index (χ0n) is 9.44. The van der Waals surface area contributed by atoms with E-state index in [9.17, 15) is 14.0 Å². The van der Waals surface area contributed by atoms with Crippen LogP contribution in [0.2, 0.25) is 5.02 Å². The minimum absolute atomic E-state index is 0.00244. The summed E-state index contributed by atoms with van der Waals surface area (Å²) in [6.45, 7) is 1.50. The maximum absolute atomic E-state index is 12.9. The summed E-state index contributed by atoms with van der Waals surface area (Å²) in [5, 5.41) is 10.4. The molecule has 0 saturated heterocycles. The summed E-state index contributed by atoms with van der Waals surface area (Å²) in [5.74, 6) is -1.90. The summed E-state index contributed by atoms with van der Waals surface area (Å²) >= 11 is 6.56. The van der Waals surface area contributed by atoms with Gasteiger partial charge in [0.15, 0.2) is 0 Å². The summed E-state index contributed by atoms with van der Waals surface area (Å²) in [6.07, 6.45) is 0. The first-order chi connectivity index (χ1) is 8.40. The molecule has 1 amide bonds. The standard InChI is InChI=1S/C11H11ClFNO3S/c1-6(11(16)17)18-5-10(15)14-7-2-3-9(13)8(12)4-7/h2-4,6H,5H2,1H3,(H,14,15)(H,16,17). The van der Waals surface area contributed by atoms with Gasteiger partial charge in [0.05, 0.1) is 16.0 Å². The molecule has 0 saturated carbocycles. The van der Waals surface area contributed by atoms with Gasteiger partial charge in [0, 0.05) is 5.69 Å². The van der Waals surface area contributed by atoms with E-state index in [4.69, 9.17) is 16.7 Å². The van der Waals surface area contributed by atoms with Crippen molar-refractivity contribution in [3.63, 3.8) is 0 Å². The number of carbonyl (C=O) groups is 2. The SMILES string of the molecule is CC(SCC(=O)Nc1ccc(F)c(Cl)c1)C(=O)O. The first-order valence-electron chi connectivity index (χ1n) is 4.99. The van der Waals surface area contributed by atoms with Crippen molar-refractivity contribution in [2.75, 3.05) is 11.1 Å². The second-order valence-electron chi connectivity index (χ2n) is 3.47. The van der Waals surface area contributed by atoms with Crippen molar-refractivity contribution < 1.29 is 19.1 Å². The van der Waals surface area contributed by atoms with E-state index >= 15 is 0 Å². The minimum Gasteiger partial charge on any atom is -0.480 e. The number of aliphatic carboxylic acids is 1. The fourth-order valence-electron chi connectivity index (χ4n) is 1.04. The normalized spacial score (nSPS) is 11.9. The van der Waals surface area contributed by atoms with E-state index in [1.165, 1.54) is 19.1 Å². The molecule has 7 heteroatoms. The van der Waals surface area contributed by atoms with E-state index in [1.54, 1.807) is 0 Å². The van der Waals surface area contributed by atoms with E-state index < -0.39 is 17.0 Å². The average molecular weight is 292 g/mol. The smallest absolute Gasteiger partial charge is 0.316 e. The summed E-state index contributed by atoms with van der Waals surface area (Å²) in [6, 6.07) is 3.81. The quantitative estimate of drug-likeness (QED) is 0.875. The molecule has 0 bridgehead atoms. The van der Waals surface area contributed by atoms with Gasteiger partial charge in [0.1, 0.15) is 5.82 Å². The van der Waals surface area contributed by atoms with Crippen LogP contribution in [0, 0.1) is 5.82 Å². The second-order valence-corrected chi connectivity index (χ2v) is 5.20. The van der Waals surface area contributed by atoms with Gasteiger partial charge in [-0.3, -0.25) is 9.59 Å². The van der Waals surface area contributed by atoms with Crippen LogP contribution in [0.4, 0.5) is 10.1 Å². The lowest BCUT2D eigenvalue weighted by atomic mass is 10.3. The van der Waals surface area contributed by atoms with Crippen LogP contribution in [0.25, 0.3) is 0 Å². The number of carboxylic acids is 1. The van der Waals surface area contributed by atoms with Crippen molar-refractivity contribution in [3.8, 4) is 0 Å². The summed E-state index contributed by atoms with van der Waals surface area (Å²) < 4.78 is 12.9. The van der Waals surface area contributed by atoms with Crippen LogP contribution in [-0.2, 0) is 9.59 Å². The highest BCUT2D eigenvalue weighted by atomic mass is 35.5. The molecule has 1 atom stereocenters. The van der Waals surface area contributed by atoms with Crippen LogP contribution in [0.5, 0.6) is 0 Å². The molecule has 0 aliphatic rings. The van der Waals surface area contributed by atoms with E-state index in [1.807, 2.05) is 0 Å². The number of hydrogen-bond acceptors (Lipinski definition) is 3. The molecule has 1 unspecified atom stereocenters. The topological polar surface area (TPSA) is 66.4 Å². The lowest BCUT2D eigenvalue weighted by molar-refractivity contribution is -0.136. The molecular formula is C11H11ClFNO3S. The Hall–Kier alpha value is -1.27. The fraction of sp³-hybridized carbons (Fsp3) is 0.273. The average Bonchev–Trinajstić information content (AvgIpc) is 2.30. The van der Waals surface area contributed by atoms with Crippen molar-refractivity contribution in [1.29, 1.82) is 0 Å². The highest BCUT2D eigenvalue weighted by Gasteiger charge is 2.13.